The molecule has 106 valence electrons. The third kappa shape index (κ3) is 4.99. The van der Waals surface area contributed by atoms with Gasteiger partial charge in [0.25, 0.3) is 0 Å². The Balaban J connectivity index is 2.77. The van der Waals surface area contributed by atoms with Crippen LogP contribution in [0.2, 0.25) is 0 Å². The van der Waals surface area contributed by atoms with Gasteiger partial charge in [0.15, 0.2) is 18.3 Å². The zero-order chi connectivity index (χ0) is 14.4. The fraction of sp³-hybridized carbons (Fsp3) is 0.583. The molecule has 0 fully saturated rings. The van der Waals surface area contributed by atoms with E-state index >= 15 is 0 Å². The number of hydrogen-bond donors (Lipinski definition) is 0. The molecule has 0 N–H and O–H groups in total. The Hall–Kier alpha value is -2.05. The molecule has 1 aliphatic rings. The average molecular weight is 272 g/mol. The fourth-order valence-corrected chi connectivity index (χ4v) is 1.59. The number of esters is 3. The molecule has 7 heteroatoms. The lowest BCUT2D eigenvalue weighted by Gasteiger charge is -2.32. The van der Waals surface area contributed by atoms with Gasteiger partial charge < -0.3 is 18.9 Å². The molecule has 1 heterocycles. The Bertz CT molecular complexity index is 388. The van der Waals surface area contributed by atoms with Crippen molar-refractivity contribution in [3.63, 3.8) is 0 Å². The van der Waals surface area contributed by atoms with Crippen LogP contribution in [-0.2, 0) is 33.3 Å². The largest absolute Gasteiger partial charge is 0.491 e. The van der Waals surface area contributed by atoms with Crippen molar-refractivity contribution in [1.29, 1.82) is 0 Å². The summed E-state index contributed by atoms with van der Waals surface area (Å²) in [6.45, 7) is 3.62. The maximum absolute atomic E-state index is 11.1. The molecule has 0 bridgehead atoms. The van der Waals surface area contributed by atoms with Crippen molar-refractivity contribution < 1.29 is 33.3 Å². The highest BCUT2D eigenvalue weighted by Crippen LogP contribution is 2.19. The Morgan fingerprint density at radius 1 is 1.05 bits per heavy atom. The van der Waals surface area contributed by atoms with E-state index in [9.17, 15) is 14.4 Å². The van der Waals surface area contributed by atoms with Crippen LogP contribution in [0.4, 0.5) is 0 Å². The lowest BCUT2D eigenvalue weighted by Crippen LogP contribution is -2.47. The molecule has 0 spiro atoms. The molecular weight excluding hydrogens is 256 g/mol. The van der Waals surface area contributed by atoms with Gasteiger partial charge in [0.2, 0.25) is 0 Å². The van der Waals surface area contributed by atoms with Crippen LogP contribution in [-0.4, -0.2) is 42.8 Å². The van der Waals surface area contributed by atoms with Crippen LogP contribution in [0.5, 0.6) is 0 Å². The maximum Gasteiger partial charge on any atom is 0.303 e. The predicted molar refractivity (Wildman–Crippen MR) is 61.8 cm³/mol. The first-order valence-electron chi connectivity index (χ1n) is 5.70. The van der Waals surface area contributed by atoms with Gasteiger partial charge in [-0.3, -0.25) is 14.4 Å². The second kappa shape index (κ2) is 6.77. The van der Waals surface area contributed by atoms with E-state index in [0.717, 1.165) is 0 Å². The molecule has 1 rings (SSSR count). The fourth-order valence-electron chi connectivity index (χ4n) is 1.59. The minimum Gasteiger partial charge on any atom is -0.491 e. The standard InChI is InChI=1S/C12H16O7/c1-7(13)17-6-11-12(19-9(3)15)10(4-5-16-11)18-8(2)14/h4-5,10-12H,6H2,1-3H3. The first-order valence-corrected chi connectivity index (χ1v) is 5.70. The monoisotopic (exact) mass is 272 g/mol. The zero-order valence-electron chi connectivity index (χ0n) is 11.0. The number of ether oxygens (including phenoxy) is 4. The molecule has 7 nitrogen and oxygen atoms in total. The van der Waals surface area contributed by atoms with Gasteiger partial charge in [-0.1, -0.05) is 0 Å². The number of carbonyl (C=O) groups excluding carboxylic acids is 3. The lowest BCUT2D eigenvalue weighted by atomic mass is 10.1. The average Bonchev–Trinajstić information content (AvgIpc) is 2.28. The summed E-state index contributed by atoms with van der Waals surface area (Å²) >= 11 is 0. The van der Waals surface area contributed by atoms with Gasteiger partial charge in [-0.2, -0.15) is 0 Å². The van der Waals surface area contributed by atoms with Crippen molar-refractivity contribution in [2.75, 3.05) is 6.61 Å². The van der Waals surface area contributed by atoms with Crippen LogP contribution in [0.3, 0.4) is 0 Å². The topological polar surface area (TPSA) is 88.1 Å². The van der Waals surface area contributed by atoms with Gasteiger partial charge in [0.05, 0.1) is 6.26 Å². The minimum absolute atomic E-state index is 0.102. The molecule has 0 aromatic carbocycles. The molecule has 3 unspecified atom stereocenters. The molecular formula is C12H16O7. The van der Waals surface area contributed by atoms with Crippen molar-refractivity contribution in [3.05, 3.63) is 12.3 Å². The highest BCUT2D eigenvalue weighted by atomic mass is 16.6. The highest BCUT2D eigenvalue weighted by Gasteiger charge is 2.37. The number of hydrogen-bond acceptors (Lipinski definition) is 7. The molecule has 0 aromatic heterocycles. The summed E-state index contributed by atoms with van der Waals surface area (Å²) in [5.41, 5.74) is 0. The van der Waals surface area contributed by atoms with Crippen molar-refractivity contribution in [1.82, 2.24) is 0 Å². The van der Waals surface area contributed by atoms with Crippen LogP contribution in [0.15, 0.2) is 12.3 Å². The van der Waals surface area contributed by atoms with E-state index in [1.807, 2.05) is 0 Å². The van der Waals surface area contributed by atoms with Crippen LogP contribution >= 0.6 is 0 Å². The molecule has 0 aliphatic carbocycles. The third-order valence-corrected chi connectivity index (χ3v) is 2.27. The van der Waals surface area contributed by atoms with Crippen molar-refractivity contribution in [3.8, 4) is 0 Å². The van der Waals surface area contributed by atoms with Gasteiger partial charge in [-0.15, -0.1) is 0 Å². The van der Waals surface area contributed by atoms with E-state index in [2.05, 4.69) is 0 Å². The van der Waals surface area contributed by atoms with Crippen molar-refractivity contribution >= 4 is 17.9 Å². The van der Waals surface area contributed by atoms with Gasteiger partial charge in [0, 0.05) is 20.8 Å². The van der Waals surface area contributed by atoms with E-state index in [4.69, 9.17) is 18.9 Å². The van der Waals surface area contributed by atoms with Crippen LogP contribution in [0, 0.1) is 0 Å². The Kier molecular flexibility index (Phi) is 5.35. The summed E-state index contributed by atoms with van der Waals surface area (Å²) in [5.74, 6) is -1.54. The number of rotatable bonds is 4. The van der Waals surface area contributed by atoms with E-state index in [1.54, 1.807) is 0 Å². The molecule has 0 saturated carbocycles. The molecule has 0 amide bonds. The maximum atomic E-state index is 11.1. The third-order valence-electron chi connectivity index (χ3n) is 2.27. The van der Waals surface area contributed by atoms with Crippen LogP contribution in [0.1, 0.15) is 20.8 Å². The summed E-state index contributed by atoms with van der Waals surface area (Å²) in [6.07, 6.45) is 0.435. The normalized spacial score (nSPS) is 25.1. The first kappa shape index (κ1) is 15.0. The summed E-state index contributed by atoms with van der Waals surface area (Å²) in [6, 6.07) is 0. The SMILES string of the molecule is CC(=O)OCC1OC=CC(OC(C)=O)C1OC(C)=O. The Labute approximate surface area is 110 Å². The van der Waals surface area contributed by atoms with Crippen LogP contribution in [0.25, 0.3) is 0 Å². The summed E-state index contributed by atoms with van der Waals surface area (Å²) in [4.78, 5) is 32.9. The van der Waals surface area contributed by atoms with Crippen molar-refractivity contribution in [2.24, 2.45) is 0 Å². The molecule has 0 aromatic rings. The first-order chi connectivity index (χ1) is 8.90. The second-order valence-corrected chi connectivity index (χ2v) is 3.95. The van der Waals surface area contributed by atoms with E-state index < -0.39 is 36.2 Å². The Morgan fingerprint density at radius 2 is 1.68 bits per heavy atom. The van der Waals surface area contributed by atoms with Gasteiger partial charge in [-0.25, -0.2) is 0 Å². The highest BCUT2D eigenvalue weighted by molar-refractivity contribution is 5.68. The zero-order valence-corrected chi connectivity index (χ0v) is 11.0. The lowest BCUT2D eigenvalue weighted by molar-refractivity contribution is -0.178. The van der Waals surface area contributed by atoms with E-state index in [0.29, 0.717) is 0 Å². The molecule has 1 aliphatic heterocycles. The van der Waals surface area contributed by atoms with E-state index in [-0.39, 0.29) is 6.61 Å². The van der Waals surface area contributed by atoms with Gasteiger partial charge >= 0.3 is 17.9 Å². The smallest absolute Gasteiger partial charge is 0.303 e. The summed E-state index contributed by atoms with van der Waals surface area (Å²) in [5, 5.41) is 0. The molecule has 3 atom stereocenters. The van der Waals surface area contributed by atoms with Crippen LogP contribution < -0.4 is 0 Å². The van der Waals surface area contributed by atoms with Gasteiger partial charge in [0.1, 0.15) is 6.61 Å². The van der Waals surface area contributed by atoms with Crippen molar-refractivity contribution in [2.45, 2.75) is 39.1 Å². The molecule has 19 heavy (non-hydrogen) atoms. The minimum atomic E-state index is -0.856. The second-order valence-electron chi connectivity index (χ2n) is 3.95. The summed E-state index contributed by atoms with van der Waals surface area (Å²) < 4.78 is 20.1. The Morgan fingerprint density at radius 3 is 2.21 bits per heavy atom. The molecule has 0 radical (unpaired) electrons. The van der Waals surface area contributed by atoms with Gasteiger partial charge in [-0.05, 0) is 6.08 Å². The predicted octanol–water partition coefficient (Wildman–Crippen LogP) is 0.325. The quantitative estimate of drug-likeness (QED) is 0.538. The summed E-state index contributed by atoms with van der Waals surface area (Å²) in [7, 11) is 0. The molecule has 0 saturated heterocycles. The number of carbonyl (C=O) groups is 3. The van der Waals surface area contributed by atoms with E-state index in [1.165, 1.54) is 33.1 Å².